The van der Waals surface area contributed by atoms with Crippen LogP contribution in [0.4, 0.5) is 0 Å². The second-order valence-electron chi connectivity index (χ2n) is 4.10. The number of halogens is 1. The molecule has 20 heavy (non-hydrogen) atoms. The number of rotatable bonds is 3. The predicted octanol–water partition coefficient (Wildman–Crippen LogP) is 3.59. The van der Waals surface area contributed by atoms with Crippen molar-refractivity contribution in [3.05, 3.63) is 58.9 Å². The molecule has 0 spiro atoms. The van der Waals surface area contributed by atoms with Crippen molar-refractivity contribution >= 4 is 21.9 Å². The second-order valence-corrected chi connectivity index (χ2v) is 5.01. The van der Waals surface area contributed by atoms with Gasteiger partial charge in [0, 0.05) is 10.7 Å². The minimum absolute atomic E-state index is 0.0972. The zero-order valence-corrected chi connectivity index (χ0v) is 11.7. The number of aromatic nitrogens is 2. The maximum atomic E-state index is 11.3. The van der Waals surface area contributed by atoms with E-state index in [1.807, 2.05) is 24.3 Å². The second kappa shape index (κ2) is 4.97. The molecule has 1 aromatic carbocycles. The molecule has 5 nitrogen and oxygen atoms in total. The van der Waals surface area contributed by atoms with Crippen LogP contribution in [-0.2, 0) is 0 Å². The van der Waals surface area contributed by atoms with Crippen LogP contribution >= 0.6 is 15.9 Å². The molecule has 3 aromatic rings. The first kappa shape index (κ1) is 12.7. The molecule has 0 bridgehead atoms. The Kier molecular flexibility index (Phi) is 3.15. The lowest BCUT2D eigenvalue weighted by molar-refractivity contribution is 0.0697. The van der Waals surface area contributed by atoms with E-state index in [4.69, 9.17) is 4.42 Å². The van der Waals surface area contributed by atoms with Crippen molar-refractivity contribution in [2.75, 3.05) is 0 Å². The Balaban J connectivity index is 2.15. The van der Waals surface area contributed by atoms with Crippen LogP contribution in [0, 0.1) is 0 Å². The summed E-state index contributed by atoms with van der Waals surface area (Å²) in [4.78, 5) is 11.3. The van der Waals surface area contributed by atoms with E-state index in [-0.39, 0.29) is 5.56 Å². The largest absolute Gasteiger partial charge is 0.478 e. The van der Waals surface area contributed by atoms with Crippen molar-refractivity contribution < 1.29 is 14.3 Å². The number of carboxylic acid groups (broad SMARTS) is 1. The summed E-state index contributed by atoms with van der Waals surface area (Å²) in [6, 6.07) is 10.8. The third-order valence-electron chi connectivity index (χ3n) is 2.77. The number of furan rings is 1. The molecule has 0 unspecified atom stereocenters. The molecule has 1 N–H and O–H groups in total. The summed E-state index contributed by atoms with van der Waals surface area (Å²) in [7, 11) is 0. The van der Waals surface area contributed by atoms with Gasteiger partial charge in [0.15, 0.2) is 5.76 Å². The third kappa shape index (κ3) is 2.25. The molecule has 0 amide bonds. The molecule has 2 heterocycles. The SMILES string of the molecule is O=C(O)c1cn(-c2cccc(Br)c2)nc1-c1ccco1. The number of aromatic carboxylic acids is 1. The lowest BCUT2D eigenvalue weighted by Crippen LogP contribution is -1.96. The highest BCUT2D eigenvalue weighted by Crippen LogP contribution is 2.24. The molecule has 0 saturated heterocycles. The van der Waals surface area contributed by atoms with Gasteiger partial charge >= 0.3 is 5.97 Å². The number of carboxylic acids is 1. The summed E-state index contributed by atoms with van der Waals surface area (Å²) in [5.74, 6) is -0.617. The van der Waals surface area contributed by atoms with Crippen molar-refractivity contribution in [2.24, 2.45) is 0 Å². The van der Waals surface area contributed by atoms with Gasteiger partial charge in [0.1, 0.15) is 11.3 Å². The van der Waals surface area contributed by atoms with Gasteiger partial charge in [-0.05, 0) is 30.3 Å². The number of hydrogen-bond acceptors (Lipinski definition) is 3. The topological polar surface area (TPSA) is 68.3 Å². The molecule has 0 aliphatic heterocycles. The van der Waals surface area contributed by atoms with Crippen molar-refractivity contribution in [3.63, 3.8) is 0 Å². The summed E-state index contributed by atoms with van der Waals surface area (Å²) >= 11 is 3.38. The molecule has 0 aliphatic carbocycles. The van der Waals surface area contributed by atoms with Crippen LogP contribution in [0.3, 0.4) is 0 Å². The number of benzene rings is 1. The first-order chi connectivity index (χ1) is 9.65. The van der Waals surface area contributed by atoms with E-state index in [1.165, 1.54) is 17.1 Å². The van der Waals surface area contributed by atoms with Gasteiger partial charge in [-0.3, -0.25) is 0 Å². The molecule has 0 fully saturated rings. The Bertz CT molecular complexity index is 763. The standard InChI is InChI=1S/C14H9BrN2O3/c15-9-3-1-4-10(7-9)17-8-11(14(18)19)13(16-17)12-5-2-6-20-12/h1-8H,(H,18,19). The highest BCUT2D eigenvalue weighted by atomic mass is 79.9. The Hall–Kier alpha value is -2.34. The van der Waals surface area contributed by atoms with Gasteiger partial charge in [0.05, 0.1) is 12.0 Å². The van der Waals surface area contributed by atoms with E-state index in [0.29, 0.717) is 11.5 Å². The van der Waals surface area contributed by atoms with E-state index in [2.05, 4.69) is 21.0 Å². The highest BCUT2D eigenvalue weighted by molar-refractivity contribution is 9.10. The predicted molar refractivity (Wildman–Crippen MR) is 75.9 cm³/mol. The Labute approximate surface area is 122 Å². The molecule has 0 atom stereocenters. The van der Waals surface area contributed by atoms with Crippen LogP contribution in [-0.4, -0.2) is 20.9 Å². The smallest absolute Gasteiger partial charge is 0.339 e. The fourth-order valence-corrected chi connectivity index (χ4v) is 2.26. The molecule has 0 saturated carbocycles. The maximum absolute atomic E-state index is 11.3. The molecular formula is C14H9BrN2O3. The van der Waals surface area contributed by atoms with Crippen LogP contribution in [0.15, 0.2) is 57.7 Å². The lowest BCUT2D eigenvalue weighted by Gasteiger charge is -2.00. The summed E-state index contributed by atoms with van der Waals surface area (Å²) in [6.45, 7) is 0. The summed E-state index contributed by atoms with van der Waals surface area (Å²) in [5, 5.41) is 13.6. The van der Waals surface area contributed by atoms with Gasteiger partial charge in [-0.25, -0.2) is 9.48 Å². The first-order valence-electron chi connectivity index (χ1n) is 5.78. The van der Waals surface area contributed by atoms with Crippen molar-refractivity contribution in [2.45, 2.75) is 0 Å². The average molecular weight is 333 g/mol. The molecule has 0 aliphatic rings. The van der Waals surface area contributed by atoms with E-state index in [1.54, 1.807) is 12.1 Å². The highest BCUT2D eigenvalue weighted by Gasteiger charge is 2.19. The molecule has 2 aromatic heterocycles. The first-order valence-corrected chi connectivity index (χ1v) is 6.57. The Morgan fingerprint density at radius 1 is 1.30 bits per heavy atom. The normalized spacial score (nSPS) is 10.7. The number of nitrogens with zero attached hydrogens (tertiary/aromatic N) is 2. The summed E-state index contributed by atoms with van der Waals surface area (Å²) < 4.78 is 7.65. The van der Waals surface area contributed by atoms with E-state index in [0.717, 1.165) is 10.2 Å². The zero-order chi connectivity index (χ0) is 14.1. The fraction of sp³-hybridized carbons (Fsp3) is 0. The Morgan fingerprint density at radius 2 is 2.15 bits per heavy atom. The van der Waals surface area contributed by atoms with E-state index >= 15 is 0 Å². The number of carbonyl (C=O) groups is 1. The molecular weight excluding hydrogens is 324 g/mol. The lowest BCUT2D eigenvalue weighted by atomic mass is 10.2. The van der Waals surface area contributed by atoms with Gasteiger partial charge < -0.3 is 9.52 Å². The molecule has 0 radical (unpaired) electrons. The average Bonchev–Trinajstić information content (AvgIpc) is 3.08. The third-order valence-corrected chi connectivity index (χ3v) is 3.27. The monoisotopic (exact) mass is 332 g/mol. The van der Waals surface area contributed by atoms with Crippen molar-refractivity contribution in [1.82, 2.24) is 9.78 Å². The fourth-order valence-electron chi connectivity index (χ4n) is 1.88. The minimum atomic E-state index is -1.04. The van der Waals surface area contributed by atoms with Gasteiger partial charge in [0.2, 0.25) is 0 Å². The summed E-state index contributed by atoms with van der Waals surface area (Å²) in [5.41, 5.74) is 1.17. The van der Waals surface area contributed by atoms with Crippen LogP contribution in [0.2, 0.25) is 0 Å². The van der Waals surface area contributed by atoms with Crippen LogP contribution in [0.1, 0.15) is 10.4 Å². The van der Waals surface area contributed by atoms with Gasteiger partial charge in [-0.2, -0.15) is 5.10 Å². The Morgan fingerprint density at radius 3 is 2.80 bits per heavy atom. The van der Waals surface area contributed by atoms with E-state index in [9.17, 15) is 9.90 Å². The quantitative estimate of drug-likeness (QED) is 0.795. The zero-order valence-electron chi connectivity index (χ0n) is 10.2. The molecule has 6 heteroatoms. The van der Waals surface area contributed by atoms with Gasteiger partial charge in [-0.15, -0.1) is 0 Å². The van der Waals surface area contributed by atoms with Crippen LogP contribution in [0.25, 0.3) is 17.1 Å². The van der Waals surface area contributed by atoms with Crippen LogP contribution in [0.5, 0.6) is 0 Å². The molecule has 3 rings (SSSR count). The minimum Gasteiger partial charge on any atom is -0.478 e. The van der Waals surface area contributed by atoms with Crippen molar-refractivity contribution in [3.8, 4) is 17.1 Å². The van der Waals surface area contributed by atoms with E-state index < -0.39 is 5.97 Å². The van der Waals surface area contributed by atoms with Gasteiger partial charge in [-0.1, -0.05) is 22.0 Å². The van der Waals surface area contributed by atoms with Gasteiger partial charge in [0.25, 0.3) is 0 Å². The van der Waals surface area contributed by atoms with Crippen LogP contribution < -0.4 is 0 Å². The number of hydrogen-bond donors (Lipinski definition) is 1. The summed E-state index contributed by atoms with van der Waals surface area (Å²) in [6.07, 6.45) is 2.96. The molecule has 100 valence electrons. The van der Waals surface area contributed by atoms with Crippen molar-refractivity contribution in [1.29, 1.82) is 0 Å². The maximum Gasteiger partial charge on any atom is 0.339 e.